The van der Waals surface area contributed by atoms with Gasteiger partial charge in [0.15, 0.2) is 12.2 Å². The van der Waals surface area contributed by atoms with E-state index in [2.05, 4.69) is 174 Å². The minimum absolute atomic E-state index is 0.0550. The Morgan fingerprint density at radius 2 is 0.549 bits per heavy atom. The average molecular weight is 1470 g/mol. The summed E-state index contributed by atoms with van der Waals surface area (Å²) in [5.41, 5.74) is 0. The van der Waals surface area contributed by atoms with Gasteiger partial charge in [0.05, 0.1) is 32.8 Å². The van der Waals surface area contributed by atoms with Crippen molar-refractivity contribution in [1.29, 1.82) is 0 Å². The molecule has 17 nitrogen and oxygen atoms in total. The highest BCUT2D eigenvalue weighted by atomic mass is 31.2. The standard InChI is InChI=1S/C83H134O17P2/c1-5-9-13-17-21-25-29-32-35-37-38-40-42-45-49-52-56-60-64-68-81(86)94-74-79(100-83(88)70-66-62-58-54-50-46-43-39-36-33-30-26-22-18-14-10-6-2)76-98-102(91,92)96-72-77(84)71-95-101(89,90)97-75-78(99-82(87)69-65-61-57-53-47-28-24-20-16-12-8-4)73-93-80(85)67-63-59-55-51-48-44-41-34-31-27-23-19-15-11-7-3/h9-11,13-15,20-27,32-36,38,40-41,43,46,48,51,59,63,77-79,84H,5-8,12,16-19,28-31,37,39,42,44-45,47,49-50,52-58,60-62,64-76H2,1-4H3,(H,89,90)(H,91,92)/b13-9-,14-10-,15-11-,24-20-,25-21-,26-22-,27-23-,35-32-,36-33-,40-38-,41-34-,46-43-,51-48-,63-59-. The molecule has 3 N–H and O–H groups in total. The first kappa shape index (κ1) is 96.4. The second kappa shape index (κ2) is 73.7. The van der Waals surface area contributed by atoms with Crippen LogP contribution >= 0.6 is 15.6 Å². The largest absolute Gasteiger partial charge is 0.472 e. The molecule has 0 aliphatic carbocycles. The zero-order valence-electron chi connectivity index (χ0n) is 63.0. The summed E-state index contributed by atoms with van der Waals surface area (Å²) in [6.07, 6.45) is 86.6. The van der Waals surface area contributed by atoms with Gasteiger partial charge in [-0.25, -0.2) is 9.13 Å². The van der Waals surface area contributed by atoms with E-state index in [9.17, 15) is 43.2 Å². The molecule has 0 aromatic rings. The maximum atomic E-state index is 13.1. The average Bonchev–Trinajstić information content (AvgIpc) is 0.934. The molecule has 0 aromatic carbocycles. The summed E-state index contributed by atoms with van der Waals surface area (Å²) in [6, 6.07) is 0. The highest BCUT2D eigenvalue weighted by molar-refractivity contribution is 7.47. The molecular weight excluding hydrogens is 1330 g/mol. The highest BCUT2D eigenvalue weighted by Crippen LogP contribution is 2.45. The maximum Gasteiger partial charge on any atom is 0.472 e. The van der Waals surface area contributed by atoms with Gasteiger partial charge in [-0.1, -0.05) is 268 Å². The Morgan fingerprint density at radius 1 is 0.294 bits per heavy atom. The predicted octanol–water partition coefficient (Wildman–Crippen LogP) is 22.2. The van der Waals surface area contributed by atoms with Crippen molar-refractivity contribution in [3.8, 4) is 0 Å². The summed E-state index contributed by atoms with van der Waals surface area (Å²) >= 11 is 0. The van der Waals surface area contributed by atoms with Crippen molar-refractivity contribution in [2.75, 3.05) is 39.6 Å². The number of allylic oxidation sites excluding steroid dienone is 27. The van der Waals surface area contributed by atoms with Gasteiger partial charge in [0.2, 0.25) is 0 Å². The molecule has 0 bridgehead atoms. The van der Waals surface area contributed by atoms with E-state index in [0.717, 1.165) is 186 Å². The Labute approximate surface area is 616 Å². The summed E-state index contributed by atoms with van der Waals surface area (Å²) in [7, 11) is -10.0. The van der Waals surface area contributed by atoms with E-state index >= 15 is 0 Å². The highest BCUT2D eigenvalue weighted by Gasteiger charge is 2.30. The molecule has 0 amide bonds. The van der Waals surface area contributed by atoms with Crippen molar-refractivity contribution in [2.45, 2.75) is 290 Å². The number of carbonyl (C=O) groups excluding carboxylic acids is 4. The first-order chi connectivity index (χ1) is 49.7. The molecule has 0 rings (SSSR count). The molecule has 0 aliphatic heterocycles. The molecule has 0 heterocycles. The number of aliphatic hydroxyl groups excluding tert-OH is 1. The lowest BCUT2D eigenvalue weighted by molar-refractivity contribution is -0.161. The van der Waals surface area contributed by atoms with Crippen LogP contribution in [0.3, 0.4) is 0 Å². The number of unbranched alkanes of at least 4 members (excludes halogenated alkanes) is 17. The second-order valence-corrected chi connectivity index (χ2v) is 27.7. The molecule has 0 saturated heterocycles. The van der Waals surface area contributed by atoms with Gasteiger partial charge in [-0.3, -0.25) is 37.3 Å². The van der Waals surface area contributed by atoms with Crippen molar-refractivity contribution in [3.63, 3.8) is 0 Å². The summed E-state index contributed by atoms with van der Waals surface area (Å²) in [5, 5.41) is 10.6. The Bertz CT molecular complexity index is 2600. The van der Waals surface area contributed by atoms with Crippen molar-refractivity contribution < 1.29 is 80.2 Å². The van der Waals surface area contributed by atoms with E-state index < -0.39 is 97.5 Å². The van der Waals surface area contributed by atoms with E-state index in [1.165, 1.54) is 6.42 Å². The fourth-order valence-corrected chi connectivity index (χ4v) is 11.0. The summed E-state index contributed by atoms with van der Waals surface area (Å²) in [4.78, 5) is 72.8. The summed E-state index contributed by atoms with van der Waals surface area (Å²) in [6.45, 7) is 4.29. The number of hydrogen-bond acceptors (Lipinski definition) is 15. The van der Waals surface area contributed by atoms with Crippen LogP contribution in [0.5, 0.6) is 0 Å². The zero-order chi connectivity index (χ0) is 74.6. The number of hydrogen-bond donors (Lipinski definition) is 3. The predicted molar refractivity (Wildman–Crippen MR) is 417 cm³/mol. The summed E-state index contributed by atoms with van der Waals surface area (Å²) in [5.74, 6) is -2.39. The Balaban J connectivity index is 5.45. The summed E-state index contributed by atoms with van der Waals surface area (Å²) < 4.78 is 68.3. The molecule has 0 saturated carbocycles. The van der Waals surface area contributed by atoms with E-state index in [0.29, 0.717) is 25.7 Å². The fourth-order valence-electron chi connectivity index (χ4n) is 9.43. The monoisotopic (exact) mass is 1460 g/mol. The van der Waals surface area contributed by atoms with Gasteiger partial charge in [0, 0.05) is 19.3 Å². The molecule has 0 aliphatic rings. The lowest BCUT2D eigenvalue weighted by Crippen LogP contribution is -2.30. The zero-order valence-corrected chi connectivity index (χ0v) is 64.8. The van der Waals surface area contributed by atoms with Gasteiger partial charge >= 0.3 is 39.5 Å². The molecule has 0 fully saturated rings. The molecule has 5 unspecified atom stereocenters. The number of carbonyl (C=O) groups is 4. The molecule has 0 spiro atoms. The van der Waals surface area contributed by atoms with Gasteiger partial charge in [0.25, 0.3) is 0 Å². The van der Waals surface area contributed by atoms with Crippen LogP contribution in [0.4, 0.5) is 0 Å². The van der Waals surface area contributed by atoms with E-state index in [1.807, 2.05) is 18.2 Å². The van der Waals surface area contributed by atoms with Gasteiger partial charge in [-0.15, -0.1) is 0 Å². The number of phosphoric ester groups is 2. The van der Waals surface area contributed by atoms with Gasteiger partial charge in [-0.05, 0) is 148 Å². The number of aliphatic hydroxyl groups is 1. The molecular formula is C83H134O17P2. The smallest absolute Gasteiger partial charge is 0.462 e. The molecule has 19 heteroatoms. The van der Waals surface area contributed by atoms with Crippen molar-refractivity contribution in [3.05, 3.63) is 170 Å². The van der Waals surface area contributed by atoms with Gasteiger partial charge < -0.3 is 33.8 Å². The normalized spacial score (nSPS) is 14.9. The topological polar surface area (TPSA) is 237 Å². The number of phosphoric acid groups is 2. The minimum atomic E-state index is -5.00. The van der Waals surface area contributed by atoms with E-state index in [1.54, 1.807) is 6.08 Å². The van der Waals surface area contributed by atoms with Crippen LogP contribution < -0.4 is 0 Å². The Hall–Kier alpha value is -5.58. The van der Waals surface area contributed by atoms with Crippen LogP contribution in [0.25, 0.3) is 0 Å². The molecule has 0 radical (unpaired) electrons. The van der Waals surface area contributed by atoms with Crippen LogP contribution in [0.2, 0.25) is 0 Å². The SMILES string of the molecule is CC/C=C\C/C=C\C/C=C\C/C=C\C/C=C\CC(=O)OCC(COP(=O)(O)OCC(O)COP(=O)(O)OCC(COC(=O)CCCCCCCC/C=C\C/C=C\C/C=C\C/C=C\CC)OC(=O)CCCCCC/C=C\C/C=C\C/C=C\C/C=C\CC)OC(=O)CCCCCCC/C=C\CCCC. The fraction of sp³-hybridized carbons (Fsp3) is 0.614. The van der Waals surface area contributed by atoms with Crippen molar-refractivity contribution >= 4 is 39.5 Å². The van der Waals surface area contributed by atoms with E-state index in [4.69, 9.17) is 37.0 Å². The Morgan fingerprint density at radius 3 is 0.882 bits per heavy atom. The third kappa shape index (κ3) is 72.8. The molecule has 578 valence electrons. The van der Waals surface area contributed by atoms with Crippen LogP contribution in [-0.4, -0.2) is 96.7 Å². The quantitative estimate of drug-likeness (QED) is 0.0169. The lowest BCUT2D eigenvalue weighted by Gasteiger charge is -2.21. The molecule has 5 atom stereocenters. The second-order valence-electron chi connectivity index (χ2n) is 24.8. The van der Waals surface area contributed by atoms with E-state index in [-0.39, 0.29) is 25.7 Å². The van der Waals surface area contributed by atoms with Gasteiger partial charge in [0.1, 0.15) is 19.3 Å². The molecule has 102 heavy (non-hydrogen) atoms. The third-order valence-corrected chi connectivity index (χ3v) is 17.1. The molecule has 0 aromatic heterocycles. The van der Waals surface area contributed by atoms with Crippen LogP contribution in [0.15, 0.2) is 170 Å². The van der Waals surface area contributed by atoms with Crippen LogP contribution in [0.1, 0.15) is 272 Å². The van der Waals surface area contributed by atoms with Gasteiger partial charge in [-0.2, -0.15) is 0 Å². The lowest BCUT2D eigenvalue weighted by atomic mass is 10.1. The van der Waals surface area contributed by atoms with Crippen molar-refractivity contribution in [1.82, 2.24) is 0 Å². The maximum absolute atomic E-state index is 13.1. The Kier molecular flexibility index (Phi) is 69.7. The number of rotatable bonds is 70. The van der Waals surface area contributed by atoms with Crippen LogP contribution in [0, 0.1) is 0 Å². The first-order valence-corrected chi connectivity index (χ1v) is 41.4. The first-order valence-electron chi connectivity index (χ1n) is 38.4. The third-order valence-electron chi connectivity index (χ3n) is 15.2. The van der Waals surface area contributed by atoms with Crippen LogP contribution in [-0.2, 0) is 65.4 Å². The number of esters is 4. The number of ether oxygens (including phenoxy) is 4. The van der Waals surface area contributed by atoms with Crippen molar-refractivity contribution in [2.24, 2.45) is 0 Å². The minimum Gasteiger partial charge on any atom is -0.462 e.